The molecule has 1 atom stereocenters. The number of aliphatic hydroxyl groups excluding tert-OH is 1. The van der Waals surface area contributed by atoms with Gasteiger partial charge >= 0.3 is 0 Å². The van der Waals surface area contributed by atoms with Crippen LogP contribution in [0.2, 0.25) is 0 Å². The summed E-state index contributed by atoms with van der Waals surface area (Å²) in [6.07, 6.45) is -0.125. The summed E-state index contributed by atoms with van der Waals surface area (Å²) in [6.45, 7) is 0. The van der Waals surface area contributed by atoms with E-state index < -0.39 is 6.10 Å². The molecule has 1 aromatic heterocycles. The summed E-state index contributed by atoms with van der Waals surface area (Å²) in [5.41, 5.74) is 1.84. The van der Waals surface area contributed by atoms with Crippen LogP contribution >= 0.6 is 31.9 Å². The van der Waals surface area contributed by atoms with Crippen LogP contribution < -0.4 is 0 Å². The standard InChI is InChI=1S/C16H12Br2O2/c17-12-5-1-3-10(7-12)8-14(19)15-9-11-4-2-6-13(18)16(11)20-15/h1-7,9,14,19H,8H2. The average molecular weight is 396 g/mol. The highest BCUT2D eigenvalue weighted by Crippen LogP contribution is 2.31. The van der Waals surface area contributed by atoms with Gasteiger partial charge in [-0.2, -0.15) is 0 Å². The van der Waals surface area contributed by atoms with E-state index >= 15 is 0 Å². The smallest absolute Gasteiger partial charge is 0.148 e. The fraction of sp³-hybridized carbons (Fsp3) is 0.125. The quantitative estimate of drug-likeness (QED) is 0.658. The van der Waals surface area contributed by atoms with Crippen molar-refractivity contribution in [3.8, 4) is 0 Å². The van der Waals surface area contributed by atoms with Gasteiger partial charge in [0.05, 0.1) is 4.47 Å². The van der Waals surface area contributed by atoms with Gasteiger partial charge in [-0.05, 0) is 45.8 Å². The van der Waals surface area contributed by atoms with Gasteiger partial charge in [-0.3, -0.25) is 0 Å². The SMILES string of the molecule is OC(Cc1cccc(Br)c1)c1cc2cccc(Br)c2o1. The predicted molar refractivity (Wildman–Crippen MR) is 86.7 cm³/mol. The highest BCUT2D eigenvalue weighted by atomic mass is 79.9. The van der Waals surface area contributed by atoms with Crippen LogP contribution in [0.1, 0.15) is 17.4 Å². The van der Waals surface area contributed by atoms with Crippen LogP contribution in [-0.4, -0.2) is 5.11 Å². The van der Waals surface area contributed by atoms with E-state index in [1.165, 1.54) is 0 Å². The summed E-state index contributed by atoms with van der Waals surface area (Å²) < 4.78 is 7.66. The number of hydrogen-bond donors (Lipinski definition) is 1. The molecule has 0 aliphatic rings. The number of hydrogen-bond acceptors (Lipinski definition) is 2. The van der Waals surface area contributed by atoms with E-state index in [4.69, 9.17) is 4.42 Å². The number of para-hydroxylation sites is 1. The minimum atomic E-state index is -0.649. The van der Waals surface area contributed by atoms with Crippen LogP contribution in [-0.2, 0) is 6.42 Å². The Morgan fingerprint density at radius 1 is 1.05 bits per heavy atom. The first-order valence-electron chi connectivity index (χ1n) is 6.24. The van der Waals surface area contributed by atoms with Gasteiger partial charge in [0.25, 0.3) is 0 Å². The zero-order valence-electron chi connectivity index (χ0n) is 10.5. The second-order valence-electron chi connectivity index (χ2n) is 4.66. The third-order valence-electron chi connectivity index (χ3n) is 3.16. The molecule has 4 heteroatoms. The summed E-state index contributed by atoms with van der Waals surface area (Å²) in [5.74, 6) is 0.590. The van der Waals surface area contributed by atoms with Crippen LogP contribution in [0.25, 0.3) is 11.0 Å². The summed E-state index contributed by atoms with van der Waals surface area (Å²) in [6, 6.07) is 15.7. The molecule has 0 amide bonds. The van der Waals surface area contributed by atoms with Crippen molar-refractivity contribution in [2.45, 2.75) is 12.5 Å². The van der Waals surface area contributed by atoms with Crippen molar-refractivity contribution < 1.29 is 9.52 Å². The fourth-order valence-electron chi connectivity index (χ4n) is 2.20. The predicted octanol–water partition coefficient (Wildman–Crippen LogP) is 5.23. The van der Waals surface area contributed by atoms with E-state index in [0.29, 0.717) is 12.2 Å². The summed E-state index contributed by atoms with van der Waals surface area (Å²) in [5, 5.41) is 11.3. The van der Waals surface area contributed by atoms with Gasteiger partial charge in [0.15, 0.2) is 0 Å². The molecule has 0 aliphatic carbocycles. The lowest BCUT2D eigenvalue weighted by Gasteiger charge is -2.07. The van der Waals surface area contributed by atoms with Gasteiger partial charge < -0.3 is 9.52 Å². The number of fused-ring (bicyclic) bond motifs is 1. The first-order valence-corrected chi connectivity index (χ1v) is 7.82. The van der Waals surface area contributed by atoms with Crippen molar-refractivity contribution in [3.63, 3.8) is 0 Å². The zero-order valence-corrected chi connectivity index (χ0v) is 13.7. The molecule has 102 valence electrons. The summed E-state index contributed by atoms with van der Waals surface area (Å²) in [4.78, 5) is 0. The molecule has 1 unspecified atom stereocenters. The van der Waals surface area contributed by atoms with Crippen LogP contribution in [0, 0.1) is 0 Å². The van der Waals surface area contributed by atoms with E-state index in [1.54, 1.807) is 0 Å². The van der Waals surface area contributed by atoms with Crippen molar-refractivity contribution in [2.24, 2.45) is 0 Å². The number of halogens is 2. The average Bonchev–Trinajstić information content (AvgIpc) is 2.84. The van der Waals surface area contributed by atoms with E-state index in [9.17, 15) is 5.11 Å². The van der Waals surface area contributed by atoms with Gasteiger partial charge in [-0.15, -0.1) is 0 Å². The van der Waals surface area contributed by atoms with E-state index in [0.717, 1.165) is 25.5 Å². The van der Waals surface area contributed by atoms with Gasteiger partial charge in [0.2, 0.25) is 0 Å². The summed E-state index contributed by atoms with van der Waals surface area (Å²) in [7, 11) is 0. The van der Waals surface area contributed by atoms with Gasteiger partial charge in [0.1, 0.15) is 17.4 Å². The molecule has 3 aromatic rings. The van der Waals surface area contributed by atoms with E-state index in [1.807, 2.05) is 48.5 Å². The Labute approximate surface area is 133 Å². The molecule has 0 aliphatic heterocycles. The molecule has 0 radical (unpaired) electrons. The highest BCUT2D eigenvalue weighted by Gasteiger charge is 2.15. The normalized spacial score (nSPS) is 12.8. The highest BCUT2D eigenvalue weighted by molar-refractivity contribution is 9.11. The molecule has 0 saturated heterocycles. The molecule has 2 aromatic carbocycles. The Balaban J connectivity index is 1.89. The molecular formula is C16H12Br2O2. The molecule has 0 bridgehead atoms. The van der Waals surface area contributed by atoms with Crippen molar-refractivity contribution in [1.82, 2.24) is 0 Å². The molecule has 0 spiro atoms. The number of rotatable bonds is 3. The molecule has 1 N–H and O–H groups in total. The van der Waals surface area contributed by atoms with E-state index in [2.05, 4.69) is 31.9 Å². The third kappa shape index (κ3) is 2.82. The van der Waals surface area contributed by atoms with Gasteiger partial charge in [-0.1, -0.05) is 40.2 Å². The number of aliphatic hydroxyl groups is 1. The Kier molecular flexibility index (Phi) is 3.96. The van der Waals surface area contributed by atoms with Crippen molar-refractivity contribution >= 4 is 42.8 Å². The van der Waals surface area contributed by atoms with Gasteiger partial charge in [0, 0.05) is 16.3 Å². The molecule has 0 fully saturated rings. The molecule has 0 saturated carbocycles. The Bertz CT molecular complexity index is 749. The Hall–Kier alpha value is -1.10. The Morgan fingerprint density at radius 2 is 1.85 bits per heavy atom. The first kappa shape index (κ1) is 13.9. The van der Waals surface area contributed by atoms with Crippen LogP contribution in [0.5, 0.6) is 0 Å². The molecule has 3 rings (SSSR count). The largest absolute Gasteiger partial charge is 0.457 e. The minimum absolute atomic E-state index is 0.525. The summed E-state index contributed by atoms with van der Waals surface area (Å²) >= 11 is 6.89. The lowest BCUT2D eigenvalue weighted by molar-refractivity contribution is 0.152. The number of benzene rings is 2. The fourth-order valence-corrected chi connectivity index (χ4v) is 3.11. The van der Waals surface area contributed by atoms with Crippen LogP contribution in [0.15, 0.2) is 61.9 Å². The monoisotopic (exact) mass is 394 g/mol. The topological polar surface area (TPSA) is 33.4 Å². The van der Waals surface area contributed by atoms with Crippen molar-refractivity contribution in [2.75, 3.05) is 0 Å². The second-order valence-corrected chi connectivity index (χ2v) is 6.43. The minimum Gasteiger partial charge on any atom is -0.457 e. The second kappa shape index (κ2) is 5.72. The van der Waals surface area contributed by atoms with Crippen LogP contribution in [0.4, 0.5) is 0 Å². The lowest BCUT2D eigenvalue weighted by atomic mass is 10.1. The first-order chi connectivity index (χ1) is 9.63. The molecule has 2 nitrogen and oxygen atoms in total. The number of furan rings is 1. The third-order valence-corrected chi connectivity index (χ3v) is 4.28. The maximum absolute atomic E-state index is 10.3. The molecular weight excluding hydrogens is 384 g/mol. The van der Waals surface area contributed by atoms with Crippen LogP contribution in [0.3, 0.4) is 0 Å². The van der Waals surface area contributed by atoms with Gasteiger partial charge in [-0.25, -0.2) is 0 Å². The molecule has 1 heterocycles. The zero-order chi connectivity index (χ0) is 14.1. The van der Waals surface area contributed by atoms with Crippen molar-refractivity contribution in [3.05, 3.63) is 68.8 Å². The van der Waals surface area contributed by atoms with Crippen molar-refractivity contribution in [1.29, 1.82) is 0 Å². The lowest BCUT2D eigenvalue weighted by Crippen LogP contribution is -2.00. The maximum atomic E-state index is 10.3. The van der Waals surface area contributed by atoms with E-state index in [-0.39, 0.29) is 0 Å². The maximum Gasteiger partial charge on any atom is 0.148 e. The Morgan fingerprint density at radius 3 is 2.60 bits per heavy atom. The molecule has 20 heavy (non-hydrogen) atoms.